The lowest BCUT2D eigenvalue weighted by Gasteiger charge is -2.21. The molecule has 37 heavy (non-hydrogen) atoms. The van der Waals surface area contributed by atoms with Gasteiger partial charge in [-0.2, -0.15) is 13.2 Å². The van der Waals surface area contributed by atoms with Crippen molar-refractivity contribution in [2.24, 2.45) is 5.73 Å². The number of aromatic nitrogens is 2. The molecule has 0 saturated carbocycles. The smallest absolute Gasteiger partial charge is 0.416 e. The van der Waals surface area contributed by atoms with Crippen LogP contribution < -0.4 is 15.8 Å². The first kappa shape index (κ1) is 28.2. The summed E-state index contributed by atoms with van der Waals surface area (Å²) in [6.45, 7) is 2.91. The third kappa shape index (κ3) is 8.63. The first-order chi connectivity index (χ1) is 17.5. The van der Waals surface area contributed by atoms with Crippen molar-refractivity contribution < 1.29 is 27.5 Å². The number of benzene rings is 1. The van der Waals surface area contributed by atoms with Crippen LogP contribution in [0.3, 0.4) is 0 Å². The Kier molecular flexibility index (Phi) is 9.73. The molecule has 2 aromatic rings. The lowest BCUT2D eigenvalue weighted by Crippen LogP contribution is -2.22. The average molecular weight is 520 g/mol. The van der Waals surface area contributed by atoms with E-state index < -0.39 is 17.5 Å². The molecule has 0 radical (unpaired) electrons. The van der Waals surface area contributed by atoms with Crippen LogP contribution in [0.15, 0.2) is 24.5 Å². The minimum atomic E-state index is -4.67. The summed E-state index contributed by atoms with van der Waals surface area (Å²) >= 11 is 0. The van der Waals surface area contributed by atoms with Crippen LogP contribution in [0, 0.1) is 12.3 Å². The molecule has 1 unspecified atom stereocenters. The third-order valence-electron chi connectivity index (χ3n) is 6.10. The van der Waals surface area contributed by atoms with E-state index in [-0.39, 0.29) is 59.6 Å². The fourth-order valence-electron chi connectivity index (χ4n) is 4.21. The zero-order chi connectivity index (χ0) is 27.0. The van der Waals surface area contributed by atoms with Crippen LogP contribution in [0.25, 0.3) is 0 Å². The average Bonchev–Trinajstić information content (AvgIpc) is 3.33. The van der Waals surface area contributed by atoms with Gasteiger partial charge < -0.3 is 15.8 Å². The highest BCUT2D eigenvalue weighted by atomic mass is 19.4. The van der Waals surface area contributed by atoms with Gasteiger partial charge in [0.2, 0.25) is 0 Å². The highest BCUT2D eigenvalue weighted by Crippen LogP contribution is 2.37. The van der Waals surface area contributed by atoms with E-state index in [1.54, 1.807) is 6.92 Å². The van der Waals surface area contributed by atoms with Gasteiger partial charge in [0.1, 0.15) is 29.7 Å². The van der Waals surface area contributed by atoms with Crippen molar-refractivity contribution in [1.29, 1.82) is 5.41 Å². The first-order valence-electron chi connectivity index (χ1n) is 12.3. The van der Waals surface area contributed by atoms with Crippen molar-refractivity contribution in [2.45, 2.75) is 70.6 Å². The van der Waals surface area contributed by atoms with E-state index in [1.807, 2.05) is 0 Å². The number of alkyl halides is 3. The normalized spacial score (nSPS) is 15.5. The van der Waals surface area contributed by atoms with Gasteiger partial charge in [0.15, 0.2) is 5.78 Å². The number of aryl methyl sites for hydroxylation is 1. The number of hydrogen-bond acceptors (Lipinski definition) is 7. The summed E-state index contributed by atoms with van der Waals surface area (Å²) in [7, 11) is 0. The molecule has 0 bridgehead atoms. The van der Waals surface area contributed by atoms with Gasteiger partial charge in [-0.3, -0.25) is 15.0 Å². The molecule has 1 aliphatic heterocycles. The first-order valence-corrected chi connectivity index (χ1v) is 12.3. The summed E-state index contributed by atoms with van der Waals surface area (Å²) in [5.41, 5.74) is 5.26. The maximum Gasteiger partial charge on any atom is 0.416 e. The molecular weight excluding hydrogens is 487 g/mol. The summed E-state index contributed by atoms with van der Waals surface area (Å²) in [5, 5.41) is 10.4. The van der Waals surface area contributed by atoms with E-state index in [1.165, 1.54) is 12.4 Å². The summed E-state index contributed by atoms with van der Waals surface area (Å²) in [5.74, 6) is -0.453. The molecule has 1 saturated heterocycles. The number of rotatable bonds is 13. The Balaban J connectivity index is 1.90. The molecular formula is C26H32F3N5O3. The minimum Gasteiger partial charge on any atom is -0.488 e. The molecule has 8 nitrogen and oxygen atoms in total. The van der Waals surface area contributed by atoms with E-state index in [4.69, 9.17) is 15.9 Å². The topological polar surface area (TPSA) is 131 Å². The summed E-state index contributed by atoms with van der Waals surface area (Å²) in [6, 6.07) is 3.36. The van der Waals surface area contributed by atoms with Gasteiger partial charge in [0, 0.05) is 49.0 Å². The molecule has 2 heterocycles. The van der Waals surface area contributed by atoms with E-state index in [2.05, 4.69) is 15.3 Å². The lowest BCUT2D eigenvalue weighted by molar-refractivity contribution is -0.137. The fourth-order valence-corrected chi connectivity index (χ4v) is 4.21. The summed E-state index contributed by atoms with van der Waals surface area (Å²) < 4.78 is 47.6. The lowest BCUT2D eigenvalue weighted by atomic mass is 9.94. The Morgan fingerprint density at radius 1 is 1.11 bits per heavy atom. The highest BCUT2D eigenvalue weighted by molar-refractivity contribution is 5.96. The Hall–Kier alpha value is -3.34. The van der Waals surface area contributed by atoms with Crippen molar-refractivity contribution >= 4 is 17.4 Å². The summed E-state index contributed by atoms with van der Waals surface area (Å²) in [6.07, 6.45) is -1.12. The molecule has 0 aliphatic carbocycles. The van der Waals surface area contributed by atoms with Crippen molar-refractivity contribution in [3.05, 3.63) is 52.6 Å². The van der Waals surface area contributed by atoms with Crippen molar-refractivity contribution in [3.8, 4) is 5.75 Å². The van der Waals surface area contributed by atoms with Crippen LogP contribution in [0.4, 0.5) is 13.2 Å². The summed E-state index contributed by atoms with van der Waals surface area (Å²) in [4.78, 5) is 33.6. The van der Waals surface area contributed by atoms with E-state index in [9.17, 15) is 22.8 Å². The predicted octanol–water partition coefficient (Wildman–Crippen LogP) is 3.97. The number of ketones is 2. The molecule has 1 aliphatic rings. The molecule has 0 spiro atoms. The quantitative estimate of drug-likeness (QED) is 0.158. The zero-order valence-corrected chi connectivity index (χ0v) is 20.8. The minimum absolute atomic E-state index is 0.0762. The van der Waals surface area contributed by atoms with E-state index >= 15 is 0 Å². The molecule has 1 aromatic carbocycles. The predicted molar refractivity (Wildman–Crippen MR) is 132 cm³/mol. The standard InChI is InChI=1S/C26H32F3N5O3/c1-16-9-22(34-15-33-16)23(36)13-18-11-19(26(27,28)29)10-17(25(18)37-21-7-8-32-14-21)12-20(35)5-3-2-4-6-24(30)31/h9-11,15,21,32H,2-8,12-14H2,1H3,(H3,30,31). The number of carbonyl (C=O) groups excluding carboxylic acids is 2. The molecule has 3 rings (SSSR count). The number of Topliss-reactive ketones (excluding diaryl/α,β-unsaturated/α-hetero) is 2. The number of ether oxygens (including phenoxy) is 1. The monoisotopic (exact) mass is 519 g/mol. The second kappa shape index (κ2) is 12.8. The maximum absolute atomic E-state index is 13.8. The highest BCUT2D eigenvalue weighted by Gasteiger charge is 2.34. The molecule has 1 fully saturated rings. The van der Waals surface area contributed by atoms with E-state index in [0.29, 0.717) is 50.9 Å². The number of halogens is 3. The number of hydrogen-bond donors (Lipinski definition) is 3. The second-order valence-electron chi connectivity index (χ2n) is 9.30. The van der Waals surface area contributed by atoms with Crippen LogP contribution in [-0.2, 0) is 23.8 Å². The van der Waals surface area contributed by atoms with Crippen LogP contribution in [0.2, 0.25) is 0 Å². The van der Waals surface area contributed by atoms with Crippen LogP contribution >= 0.6 is 0 Å². The van der Waals surface area contributed by atoms with Gasteiger partial charge in [-0.1, -0.05) is 6.42 Å². The van der Waals surface area contributed by atoms with Crippen molar-refractivity contribution in [1.82, 2.24) is 15.3 Å². The maximum atomic E-state index is 13.8. The molecule has 0 amide bonds. The van der Waals surface area contributed by atoms with Crippen LogP contribution in [-0.4, -0.2) is 46.6 Å². The SMILES string of the molecule is Cc1cc(C(=O)Cc2cc(C(F)(F)F)cc(CC(=O)CCCCCC(=N)N)c2OC2CCNC2)ncn1. The van der Waals surface area contributed by atoms with Crippen LogP contribution in [0.1, 0.15) is 71.4 Å². The fraction of sp³-hybridized carbons (Fsp3) is 0.500. The van der Waals surface area contributed by atoms with Crippen LogP contribution in [0.5, 0.6) is 5.75 Å². The van der Waals surface area contributed by atoms with Gasteiger partial charge in [-0.05, 0) is 50.9 Å². The third-order valence-corrected chi connectivity index (χ3v) is 6.10. The van der Waals surface area contributed by atoms with E-state index in [0.717, 1.165) is 12.1 Å². The van der Waals surface area contributed by atoms with Gasteiger partial charge >= 0.3 is 6.18 Å². The zero-order valence-electron chi connectivity index (χ0n) is 20.8. The Bertz CT molecular complexity index is 1130. The van der Waals surface area contributed by atoms with Gasteiger partial charge in [0.25, 0.3) is 0 Å². The largest absolute Gasteiger partial charge is 0.488 e. The Morgan fingerprint density at radius 3 is 2.43 bits per heavy atom. The molecule has 11 heteroatoms. The van der Waals surface area contributed by atoms with Gasteiger partial charge in [-0.15, -0.1) is 0 Å². The Labute approximate surface area is 213 Å². The number of carbonyl (C=O) groups is 2. The van der Waals surface area contributed by atoms with Crippen molar-refractivity contribution in [2.75, 3.05) is 13.1 Å². The van der Waals surface area contributed by atoms with Gasteiger partial charge in [-0.25, -0.2) is 9.97 Å². The molecule has 1 aromatic heterocycles. The number of nitrogens with two attached hydrogens (primary N) is 1. The van der Waals surface area contributed by atoms with Gasteiger partial charge in [0.05, 0.1) is 11.4 Å². The molecule has 4 N–H and O–H groups in total. The number of amidine groups is 1. The second-order valence-corrected chi connectivity index (χ2v) is 9.30. The number of unbranched alkanes of at least 4 members (excludes halogenated alkanes) is 2. The molecule has 1 atom stereocenters. The number of nitrogens with zero attached hydrogens (tertiary/aromatic N) is 2. The molecule has 200 valence electrons. The number of nitrogens with one attached hydrogen (secondary N) is 2. The van der Waals surface area contributed by atoms with Crippen molar-refractivity contribution in [3.63, 3.8) is 0 Å². The Morgan fingerprint density at radius 2 is 1.81 bits per heavy atom.